The molecular formula is C22H28N6O2. The fourth-order valence-electron chi connectivity index (χ4n) is 4.63. The Morgan fingerprint density at radius 2 is 2.13 bits per heavy atom. The van der Waals surface area contributed by atoms with Crippen molar-refractivity contribution in [3.8, 4) is 5.75 Å². The molecule has 0 aliphatic carbocycles. The molecule has 0 spiro atoms. The highest BCUT2D eigenvalue weighted by atomic mass is 16.5. The number of hydrogen-bond acceptors (Lipinski definition) is 7. The Hall–Kier alpha value is -2.84. The number of anilines is 3. The van der Waals surface area contributed by atoms with E-state index in [1.54, 1.807) is 6.20 Å². The molecule has 3 N–H and O–H groups in total. The lowest BCUT2D eigenvalue weighted by molar-refractivity contribution is 0.251. The van der Waals surface area contributed by atoms with Gasteiger partial charge in [-0.15, -0.1) is 0 Å². The van der Waals surface area contributed by atoms with Crippen LogP contribution < -0.4 is 20.3 Å². The molecule has 8 heteroatoms. The summed E-state index contributed by atoms with van der Waals surface area (Å²) in [4.78, 5) is 7.27. The van der Waals surface area contributed by atoms with Crippen LogP contribution in [0.5, 0.6) is 5.75 Å². The first-order valence-corrected chi connectivity index (χ1v) is 10.7. The topological polar surface area (TPSA) is 87.0 Å². The maximum absolute atomic E-state index is 10.1. The van der Waals surface area contributed by atoms with Gasteiger partial charge in [0.2, 0.25) is 0 Å². The van der Waals surface area contributed by atoms with E-state index in [0.717, 1.165) is 66.6 Å². The molecule has 2 aromatic heterocycles. The molecule has 1 unspecified atom stereocenters. The van der Waals surface area contributed by atoms with E-state index >= 15 is 0 Å². The average molecular weight is 409 g/mol. The number of nitrogens with one attached hydrogen (secondary N) is 2. The van der Waals surface area contributed by atoms with Crippen LogP contribution >= 0.6 is 0 Å². The highest BCUT2D eigenvalue weighted by Gasteiger charge is 2.38. The third kappa shape index (κ3) is 3.36. The highest BCUT2D eigenvalue weighted by molar-refractivity contribution is 5.73. The van der Waals surface area contributed by atoms with Crippen molar-refractivity contribution < 1.29 is 9.84 Å². The summed E-state index contributed by atoms with van der Waals surface area (Å²) in [6.45, 7) is 4.71. The van der Waals surface area contributed by atoms with Crippen molar-refractivity contribution in [2.24, 2.45) is 0 Å². The lowest BCUT2D eigenvalue weighted by Crippen LogP contribution is -2.50. The van der Waals surface area contributed by atoms with E-state index in [9.17, 15) is 5.11 Å². The fourth-order valence-corrected chi connectivity index (χ4v) is 4.63. The van der Waals surface area contributed by atoms with Crippen LogP contribution in [0.4, 0.5) is 17.3 Å². The second kappa shape index (κ2) is 8.12. The lowest BCUT2D eigenvalue weighted by atomic mass is 10.0. The van der Waals surface area contributed by atoms with Gasteiger partial charge < -0.3 is 25.4 Å². The number of nitrogens with zero attached hydrogens (tertiary/aromatic N) is 4. The number of aromatic nitrogens is 3. The summed E-state index contributed by atoms with van der Waals surface area (Å²) in [6, 6.07) is 10.2. The quantitative estimate of drug-likeness (QED) is 0.577. The van der Waals surface area contributed by atoms with Crippen molar-refractivity contribution in [2.45, 2.75) is 38.3 Å². The second-order valence-corrected chi connectivity index (χ2v) is 7.89. The number of fused-ring (bicyclic) bond motifs is 2. The first kappa shape index (κ1) is 19.1. The Morgan fingerprint density at radius 3 is 2.87 bits per heavy atom. The van der Waals surface area contributed by atoms with Crippen molar-refractivity contribution in [2.75, 3.05) is 36.5 Å². The molecule has 2 aliphatic rings. The van der Waals surface area contributed by atoms with Crippen LogP contribution in [0.15, 0.2) is 36.5 Å². The van der Waals surface area contributed by atoms with E-state index in [1.807, 2.05) is 41.8 Å². The van der Waals surface area contributed by atoms with Crippen LogP contribution in [-0.4, -0.2) is 58.1 Å². The van der Waals surface area contributed by atoms with Crippen LogP contribution in [0.3, 0.4) is 0 Å². The molecule has 2 aliphatic heterocycles. The van der Waals surface area contributed by atoms with Crippen LogP contribution in [0.2, 0.25) is 0 Å². The Kier molecular flexibility index (Phi) is 5.18. The van der Waals surface area contributed by atoms with Crippen molar-refractivity contribution in [1.29, 1.82) is 0 Å². The maximum atomic E-state index is 10.1. The van der Waals surface area contributed by atoms with Crippen LogP contribution in [-0.2, 0) is 6.42 Å². The molecule has 5 rings (SSSR count). The molecule has 0 bridgehead atoms. The Morgan fingerprint density at radius 1 is 1.27 bits per heavy atom. The Bertz CT molecular complexity index is 1010. The largest absolute Gasteiger partial charge is 0.494 e. The molecule has 1 fully saturated rings. The van der Waals surface area contributed by atoms with E-state index in [0.29, 0.717) is 12.6 Å². The minimum atomic E-state index is 0.0328. The van der Waals surface area contributed by atoms with Gasteiger partial charge in [0.25, 0.3) is 0 Å². The molecule has 1 aromatic carbocycles. The molecule has 1 saturated heterocycles. The third-order valence-electron chi connectivity index (χ3n) is 5.99. The van der Waals surface area contributed by atoms with Gasteiger partial charge in [-0.2, -0.15) is 9.61 Å². The number of aliphatic hydroxyl groups is 1. The summed E-state index contributed by atoms with van der Waals surface area (Å²) >= 11 is 0. The second-order valence-electron chi connectivity index (χ2n) is 7.89. The molecule has 4 heterocycles. The number of aliphatic hydroxyl groups excluding tert-OH is 1. The number of rotatable bonds is 6. The van der Waals surface area contributed by atoms with Gasteiger partial charge in [-0.3, -0.25) is 0 Å². The zero-order valence-corrected chi connectivity index (χ0v) is 17.2. The van der Waals surface area contributed by atoms with Gasteiger partial charge in [-0.25, -0.2) is 4.98 Å². The summed E-state index contributed by atoms with van der Waals surface area (Å²) in [5.41, 5.74) is 2.86. The zero-order valence-electron chi connectivity index (χ0n) is 17.2. The number of benzene rings is 1. The van der Waals surface area contributed by atoms with Crippen LogP contribution in [0, 0.1) is 0 Å². The van der Waals surface area contributed by atoms with Gasteiger partial charge >= 0.3 is 0 Å². The lowest BCUT2D eigenvalue weighted by Gasteiger charge is -2.36. The molecule has 30 heavy (non-hydrogen) atoms. The minimum Gasteiger partial charge on any atom is -0.494 e. The molecule has 3 aromatic rings. The minimum absolute atomic E-state index is 0.0328. The van der Waals surface area contributed by atoms with Gasteiger partial charge in [0, 0.05) is 36.3 Å². The van der Waals surface area contributed by atoms with Crippen molar-refractivity contribution in [3.05, 3.63) is 42.1 Å². The van der Waals surface area contributed by atoms with Gasteiger partial charge in [0.1, 0.15) is 17.4 Å². The van der Waals surface area contributed by atoms with Gasteiger partial charge in [0.05, 0.1) is 25.5 Å². The smallest absolute Gasteiger partial charge is 0.159 e. The standard InChI is InChI=1S/C22H28N6O2/c1-2-30-18-7-5-15(6-8-18)25-22-19-12-17(14-29)27(16-4-3-10-23-13-16)21(19)26-20-9-11-24-28(20)22/h5-9,11,16-17,23,25,29H,2-4,10,12-14H2,1H3/t16?,17-/m0/s1. The highest BCUT2D eigenvalue weighted by Crippen LogP contribution is 2.39. The normalized spacial score (nSPS) is 21.1. The molecule has 8 nitrogen and oxygen atoms in total. The average Bonchev–Trinajstić information content (AvgIpc) is 3.40. The first-order valence-electron chi connectivity index (χ1n) is 10.7. The van der Waals surface area contributed by atoms with Crippen molar-refractivity contribution >= 4 is 23.0 Å². The molecular weight excluding hydrogens is 380 g/mol. The van der Waals surface area contributed by atoms with Gasteiger partial charge in [-0.1, -0.05) is 0 Å². The Balaban J connectivity index is 1.55. The molecule has 158 valence electrons. The van der Waals surface area contributed by atoms with E-state index in [1.165, 1.54) is 0 Å². The van der Waals surface area contributed by atoms with Gasteiger partial charge in [-0.05, 0) is 50.6 Å². The van der Waals surface area contributed by atoms with Crippen molar-refractivity contribution in [3.63, 3.8) is 0 Å². The summed E-state index contributed by atoms with van der Waals surface area (Å²) in [6.07, 6.45) is 4.76. The van der Waals surface area contributed by atoms with Crippen LogP contribution in [0.25, 0.3) is 5.65 Å². The molecule has 2 atom stereocenters. The summed E-state index contributed by atoms with van der Waals surface area (Å²) < 4.78 is 7.41. The predicted octanol–water partition coefficient (Wildman–Crippen LogP) is 2.35. The fraction of sp³-hybridized carbons (Fsp3) is 0.455. The molecule has 0 radical (unpaired) electrons. The van der Waals surface area contributed by atoms with E-state index in [2.05, 4.69) is 20.6 Å². The van der Waals surface area contributed by atoms with Gasteiger partial charge in [0.15, 0.2) is 5.65 Å². The molecule has 0 saturated carbocycles. The van der Waals surface area contributed by atoms with Crippen molar-refractivity contribution in [1.82, 2.24) is 19.9 Å². The van der Waals surface area contributed by atoms with E-state index in [4.69, 9.17) is 9.72 Å². The summed E-state index contributed by atoms with van der Waals surface area (Å²) in [5.74, 6) is 2.72. The number of piperidine rings is 1. The molecule has 0 amide bonds. The predicted molar refractivity (Wildman–Crippen MR) is 117 cm³/mol. The number of ether oxygens (including phenoxy) is 1. The summed E-state index contributed by atoms with van der Waals surface area (Å²) in [7, 11) is 0. The Labute approximate surface area is 175 Å². The zero-order chi connectivity index (χ0) is 20.5. The maximum Gasteiger partial charge on any atom is 0.159 e. The first-order chi connectivity index (χ1) is 14.8. The monoisotopic (exact) mass is 408 g/mol. The summed E-state index contributed by atoms with van der Waals surface area (Å²) in [5, 5.41) is 21.7. The van der Waals surface area contributed by atoms with E-state index in [-0.39, 0.29) is 12.6 Å². The third-order valence-corrected chi connectivity index (χ3v) is 5.99. The van der Waals surface area contributed by atoms with Crippen LogP contribution in [0.1, 0.15) is 25.3 Å². The SMILES string of the molecule is CCOc1ccc(Nc2c3c(nc4ccnn24)N(C2CCCNC2)[C@H](CO)C3)cc1. The number of hydrogen-bond donors (Lipinski definition) is 3. The van der Waals surface area contributed by atoms with E-state index < -0.39 is 0 Å².